The van der Waals surface area contributed by atoms with Crippen molar-refractivity contribution < 1.29 is 9.90 Å². The maximum absolute atomic E-state index is 9.28. The zero-order valence-corrected chi connectivity index (χ0v) is 3.14. The summed E-state index contributed by atoms with van der Waals surface area (Å²) in [6.07, 6.45) is 0.441. The highest BCUT2D eigenvalue weighted by Gasteiger charge is 1.54. The average molecular weight is 84.1 g/mol. The average Bonchev–Trinajstić information content (AvgIpc) is 1.61. The molecule has 0 saturated carbocycles. The van der Waals surface area contributed by atoms with Gasteiger partial charge in [0.25, 0.3) is 0 Å². The summed E-state index contributed by atoms with van der Waals surface area (Å²) in [5.41, 5.74) is 0. The van der Waals surface area contributed by atoms with Crippen LogP contribution < -0.4 is 0 Å². The Labute approximate surface area is 35.8 Å². The molecule has 0 aliphatic heterocycles. The van der Waals surface area contributed by atoms with Gasteiger partial charge in [0.05, 0.1) is 0 Å². The summed E-state index contributed by atoms with van der Waals surface area (Å²) in [5.74, 6) is 4.15. The van der Waals surface area contributed by atoms with Crippen molar-refractivity contribution in [2.75, 3.05) is 6.61 Å². The van der Waals surface area contributed by atoms with E-state index in [0.29, 0.717) is 6.29 Å². The van der Waals surface area contributed by atoms with Crippen LogP contribution in [0.15, 0.2) is 0 Å². The zero-order chi connectivity index (χ0) is 4.83. The van der Waals surface area contributed by atoms with Crippen LogP contribution in [-0.2, 0) is 4.79 Å². The molecule has 2 heteroatoms. The van der Waals surface area contributed by atoms with E-state index >= 15 is 0 Å². The maximum Gasteiger partial charge on any atom is 0.192 e. The zero-order valence-electron chi connectivity index (χ0n) is 3.14. The molecule has 0 atom stereocenters. The van der Waals surface area contributed by atoms with Crippen molar-refractivity contribution in [1.82, 2.24) is 0 Å². The first-order chi connectivity index (χ1) is 2.91. The fourth-order valence-electron chi connectivity index (χ4n) is 0.0873. The number of carbonyl (C=O) groups excluding carboxylic acids is 1. The molecule has 0 aromatic heterocycles. The number of aliphatic hydroxyl groups excluding tert-OH is 1. The smallest absolute Gasteiger partial charge is 0.192 e. The van der Waals surface area contributed by atoms with Crippen LogP contribution in [0.1, 0.15) is 0 Å². The molecular weight excluding hydrogens is 80.0 g/mol. The molecule has 0 amide bonds. The normalized spacial score (nSPS) is 5.50. The first kappa shape index (κ1) is 5.19. The van der Waals surface area contributed by atoms with Gasteiger partial charge < -0.3 is 5.11 Å². The van der Waals surface area contributed by atoms with Gasteiger partial charge in [0.2, 0.25) is 0 Å². The number of aliphatic hydroxyl groups is 1. The van der Waals surface area contributed by atoms with Gasteiger partial charge >= 0.3 is 0 Å². The van der Waals surface area contributed by atoms with E-state index in [1.54, 1.807) is 0 Å². The molecule has 0 bridgehead atoms. The lowest BCUT2D eigenvalue weighted by molar-refractivity contribution is -0.103. The monoisotopic (exact) mass is 84.0 g/mol. The van der Waals surface area contributed by atoms with Crippen LogP contribution in [0, 0.1) is 11.8 Å². The highest BCUT2D eigenvalue weighted by Crippen LogP contribution is 1.43. The minimum absolute atomic E-state index is 0.237. The summed E-state index contributed by atoms with van der Waals surface area (Å²) in [4.78, 5) is 9.28. The molecule has 0 heterocycles. The van der Waals surface area contributed by atoms with Gasteiger partial charge in [0.15, 0.2) is 6.29 Å². The first-order valence-electron chi connectivity index (χ1n) is 1.44. The fraction of sp³-hybridized carbons (Fsp3) is 0.250. The summed E-state index contributed by atoms with van der Waals surface area (Å²) in [5, 5.41) is 7.86. The van der Waals surface area contributed by atoms with E-state index in [1.807, 2.05) is 5.92 Å². The minimum atomic E-state index is -0.237. The molecule has 2 nitrogen and oxygen atoms in total. The summed E-state index contributed by atoms with van der Waals surface area (Å²) in [7, 11) is 0. The Balaban J connectivity index is 3.13. The third-order valence-electron chi connectivity index (χ3n) is 0.240. The summed E-state index contributed by atoms with van der Waals surface area (Å²) in [6.45, 7) is -0.237. The van der Waals surface area contributed by atoms with Crippen molar-refractivity contribution >= 4 is 6.29 Å². The summed E-state index contributed by atoms with van der Waals surface area (Å²) in [6, 6.07) is 0. The van der Waals surface area contributed by atoms with Crippen LogP contribution in [0.2, 0.25) is 0 Å². The Kier molecular flexibility index (Phi) is 3.62. The van der Waals surface area contributed by atoms with E-state index in [4.69, 9.17) is 5.11 Å². The molecule has 0 unspecified atom stereocenters. The van der Waals surface area contributed by atoms with Crippen LogP contribution in [0.3, 0.4) is 0 Å². The molecule has 0 spiro atoms. The van der Waals surface area contributed by atoms with Gasteiger partial charge in [-0.3, -0.25) is 4.79 Å². The van der Waals surface area contributed by atoms with Crippen LogP contribution in [0.25, 0.3) is 0 Å². The highest BCUT2D eigenvalue weighted by atomic mass is 16.2. The second-order valence-electron chi connectivity index (χ2n) is 0.597. The van der Waals surface area contributed by atoms with E-state index < -0.39 is 0 Å². The van der Waals surface area contributed by atoms with Crippen LogP contribution in [0.5, 0.6) is 0 Å². The quantitative estimate of drug-likeness (QED) is 0.307. The molecular formula is C4H4O2. The number of hydrogen-bond donors (Lipinski definition) is 1. The van der Waals surface area contributed by atoms with Gasteiger partial charge in [-0.25, -0.2) is 0 Å². The van der Waals surface area contributed by atoms with Gasteiger partial charge in [-0.15, -0.1) is 0 Å². The van der Waals surface area contributed by atoms with E-state index in [2.05, 4.69) is 5.92 Å². The Bertz CT molecular complexity index is 85.5. The lowest BCUT2D eigenvalue weighted by Crippen LogP contribution is -1.70. The Hall–Kier alpha value is -0.810. The topological polar surface area (TPSA) is 37.3 Å². The molecule has 0 aliphatic carbocycles. The number of aldehydes is 1. The van der Waals surface area contributed by atoms with Crippen molar-refractivity contribution in [2.24, 2.45) is 0 Å². The van der Waals surface area contributed by atoms with E-state index in [0.717, 1.165) is 0 Å². The van der Waals surface area contributed by atoms with Crippen LogP contribution in [0.4, 0.5) is 0 Å². The molecule has 0 radical (unpaired) electrons. The second kappa shape index (κ2) is 4.19. The summed E-state index contributed by atoms with van der Waals surface area (Å²) < 4.78 is 0. The van der Waals surface area contributed by atoms with Gasteiger partial charge in [-0.1, -0.05) is 5.92 Å². The number of hydrogen-bond acceptors (Lipinski definition) is 2. The minimum Gasteiger partial charge on any atom is -0.384 e. The van der Waals surface area contributed by atoms with Gasteiger partial charge in [-0.2, -0.15) is 0 Å². The molecule has 0 aromatic rings. The molecule has 6 heavy (non-hydrogen) atoms. The second-order valence-corrected chi connectivity index (χ2v) is 0.597. The lowest BCUT2D eigenvalue weighted by Gasteiger charge is -1.60. The molecule has 32 valence electrons. The lowest BCUT2D eigenvalue weighted by atomic mass is 10.6. The SMILES string of the molecule is O=CC#CCO. The molecule has 0 aliphatic rings. The van der Waals surface area contributed by atoms with Crippen molar-refractivity contribution in [2.45, 2.75) is 0 Å². The third kappa shape index (κ3) is 3.19. The van der Waals surface area contributed by atoms with Crippen LogP contribution >= 0.6 is 0 Å². The third-order valence-corrected chi connectivity index (χ3v) is 0.240. The fourth-order valence-corrected chi connectivity index (χ4v) is 0.0873. The van der Waals surface area contributed by atoms with Crippen molar-refractivity contribution in [3.8, 4) is 11.8 Å². The Morgan fingerprint density at radius 2 is 2.50 bits per heavy atom. The van der Waals surface area contributed by atoms with Gasteiger partial charge in [0.1, 0.15) is 6.61 Å². The predicted octanol–water partition coefficient (Wildman–Crippen LogP) is -0.819. The van der Waals surface area contributed by atoms with Crippen LogP contribution in [-0.4, -0.2) is 18.0 Å². The molecule has 1 N–H and O–H groups in total. The van der Waals surface area contributed by atoms with E-state index in [9.17, 15) is 4.79 Å². The first-order valence-corrected chi connectivity index (χ1v) is 1.44. The molecule has 0 fully saturated rings. The van der Waals surface area contributed by atoms with Gasteiger partial charge in [-0.05, 0) is 5.92 Å². The Morgan fingerprint density at radius 3 is 2.67 bits per heavy atom. The summed E-state index contributed by atoms with van der Waals surface area (Å²) >= 11 is 0. The molecule has 0 aromatic carbocycles. The van der Waals surface area contributed by atoms with E-state index in [-0.39, 0.29) is 6.61 Å². The van der Waals surface area contributed by atoms with E-state index in [1.165, 1.54) is 0 Å². The molecule has 0 rings (SSSR count). The highest BCUT2D eigenvalue weighted by molar-refractivity contribution is 5.72. The van der Waals surface area contributed by atoms with Crippen molar-refractivity contribution in [3.63, 3.8) is 0 Å². The number of carbonyl (C=O) groups is 1. The predicted molar refractivity (Wildman–Crippen MR) is 20.9 cm³/mol. The standard InChI is InChI=1S/C4H4O2/c5-3-1-2-4-6/h3,6H,4H2. The maximum atomic E-state index is 9.28. The van der Waals surface area contributed by atoms with Crippen molar-refractivity contribution in [3.05, 3.63) is 0 Å². The number of rotatable bonds is 0. The van der Waals surface area contributed by atoms with Gasteiger partial charge in [0, 0.05) is 0 Å². The van der Waals surface area contributed by atoms with Crippen molar-refractivity contribution in [1.29, 1.82) is 0 Å². The largest absolute Gasteiger partial charge is 0.384 e. The molecule has 0 saturated heterocycles. The Morgan fingerprint density at radius 1 is 1.83 bits per heavy atom.